The van der Waals surface area contributed by atoms with E-state index in [0.717, 1.165) is 0 Å². The van der Waals surface area contributed by atoms with Gasteiger partial charge in [-0.3, -0.25) is 4.79 Å². The fourth-order valence-corrected chi connectivity index (χ4v) is 2.85. The first kappa shape index (κ1) is 18.2. The van der Waals surface area contributed by atoms with Gasteiger partial charge in [0.05, 0.1) is 18.7 Å². The van der Waals surface area contributed by atoms with Crippen LogP contribution in [0.25, 0.3) is 0 Å². The number of anilines is 1. The normalized spacial score (nSPS) is 16.4. The molecule has 1 aliphatic heterocycles. The van der Waals surface area contributed by atoms with E-state index >= 15 is 0 Å². The van der Waals surface area contributed by atoms with Crippen molar-refractivity contribution in [2.24, 2.45) is 0 Å². The van der Waals surface area contributed by atoms with Gasteiger partial charge in [0.1, 0.15) is 5.82 Å². The lowest BCUT2D eigenvalue weighted by Crippen LogP contribution is -2.45. The Morgan fingerprint density at radius 2 is 1.93 bits per heavy atom. The molecular formula is C19H18FN3O4. The number of hydrogen-bond acceptors (Lipinski definition) is 4. The van der Waals surface area contributed by atoms with Gasteiger partial charge in [0.2, 0.25) is 0 Å². The molecule has 0 saturated heterocycles. The highest BCUT2D eigenvalue weighted by molar-refractivity contribution is 6.06. The zero-order valence-electron chi connectivity index (χ0n) is 14.7. The molecule has 0 spiro atoms. The molecule has 1 atom stereocenters. The monoisotopic (exact) mass is 371 g/mol. The van der Waals surface area contributed by atoms with E-state index in [0.29, 0.717) is 16.9 Å². The third kappa shape index (κ3) is 3.84. The molecule has 0 aromatic heterocycles. The molecule has 1 heterocycles. The van der Waals surface area contributed by atoms with Gasteiger partial charge >= 0.3 is 6.03 Å². The van der Waals surface area contributed by atoms with Crippen molar-refractivity contribution in [3.63, 3.8) is 0 Å². The molecule has 0 fully saturated rings. The van der Waals surface area contributed by atoms with E-state index < -0.39 is 23.8 Å². The van der Waals surface area contributed by atoms with Crippen molar-refractivity contribution in [1.29, 1.82) is 0 Å². The maximum atomic E-state index is 13.1. The van der Waals surface area contributed by atoms with E-state index in [2.05, 4.69) is 16.0 Å². The van der Waals surface area contributed by atoms with Crippen LogP contribution in [0.15, 0.2) is 53.7 Å². The third-order valence-corrected chi connectivity index (χ3v) is 4.15. The van der Waals surface area contributed by atoms with Crippen molar-refractivity contribution in [2.45, 2.75) is 13.0 Å². The van der Waals surface area contributed by atoms with E-state index in [1.54, 1.807) is 19.1 Å². The van der Waals surface area contributed by atoms with Gasteiger partial charge in [0.25, 0.3) is 5.91 Å². The Labute approximate surface area is 154 Å². The number of benzene rings is 2. The van der Waals surface area contributed by atoms with Crippen LogP contribution in [0.1, 0.15) is 18.5 Å². The highest BCUT2D eigenvalue weighted by Gasteiger charge is 2.31. The van der Waals surface area contributed by atoms with E-state index in [1.807, 2.05) is 0 Å². The van der Waals surface area contributed by atoms with Crippen LogP contribution in [0.5, 0.6) is 11.5 Å². The standard InChI is InChI=1S/C19H18FN3O4/c1-10-16(18(25)22-13-6-4-12(20)5-7-13)17(23-19(26)21-10)11-3-8-14(24)15(9-11)27-2/h3-9,17,24H,1-2H3,(H,22,25)(H2,21,23,26)/t17-/m0/s1. The minimum absolute atomic E-state index is 0.0560. The molecule has 140 valence electrons. The maximum absolute atomic E-state index is 13.1. The Morgan fingerprint density at radius 3 is 2.59 bits per heavy atom. The molecule has 0 aliphatic carbocycles. The van der Waals surface area contributed by atoms with Crippen LogP contribution in [-0.4, -0.2) is 24.2 Å². The second kappa shape index (κ2) is 7.36. The Balaban J connectivity index is 1.96. The predicted molar refractivity (Wildman–Crippen MR) is 96.8 cm³/mol. The average Bonchev–Trinajstić information content (AvgIpc) is 2.63. The van der Waals surface area contributed by atoms with Crippen LogP contribution in [-0.2, 0) is 4.79 Å². The average molecular weight is 371 g/mol. The summed E-state index contributed by atoms with van der Waals surface area (Å²) in [5.74, 6) is -0.705. The van der Waals surface area contributed by atoms with Gasteiger partial charge < -0.3 is 25.8 Å². The smallest absolute Gasteiger partial charge is 0.319 e. The largest absolute Gasteiger partial charge is 0.504 e. The number of carbonyl (C=O) groups is 2. The zero-order chi connectivity index (χ0) is 19.6. The van der Waals surface area contributed by atoms with E-state index in [9.17, 15) is 19.1 Å². The zero-order valence-corrected chi connectivity index (χ0v) is 14.7. The number of nitrogens with one attached hydrogen (secondary N) is 3. The maximum Gasteiger partial charge on any atom is 0.319 e. The summed E-state index contributed by atoms with van der Waals surface area (Å²) < 4.78 is 18.2. The minimum Gasteiger partial charge on any atom is -0.504 e. The number of carbonyl (C=O) groups excluding carboxylic acids is 2. The molecule has 1 aliphatic rings. The lowest BCUT2D eigenvalue weighted by atomic mass is 9.94. The molecule has 8 heteroatoms. The number of phenols is 1. The molecule has 27 heavy (non-hydrogen) atoms. The van der Waals surface area contributed by atoms with E-state index in [1.165, 1.54) is 37.4 Å². The van der Waals surface area contributed by atoms with Gasteiger partial charge in [-0.1, -0.05) is 6.07 Å². The van der Waals surface area contributed by atoms with Crippen LogP contribution < -0.4 is 20.7 Å². The van der Waals surface area contributed by atoms with E-state index in [4.69, 9.17) is 4.74 Å². The molecule has 0 unspecified atom stereocenters. The summed E-state index contributed by atoms with van der Waals surface area (Å²) in [7, 11) is 1.41. The van der Waals surface area contributed by atoms with E-state index in [-0.39, 0.29) is 17.1 Å². The van der Waals surface area contributed by atoms with Crippen LogP contribution in [0, 0.1) is 5.82 Å². The van der Waals surface area contributed by atoms with Crippen LogP contribution >= 0.6 is 0 Å². The number of methoxy groups -OCH3 is 1. The van der Waals surface area contributed by atoms with Gasteiger partial charge in [-0.05, 0) is 48.9 Å². The Morgan fingerprint density at radius 1 is 1.22 bits per heavy atom. The first-order valence-corrected chi connectivity index (χ1v) is 8.11. The van der Waals surface area contributed by atoms with Crippen molar-refractivity contribution in [2.75, 3.05) is 12.4 Å². The Bertz CT molecular complexity index is 925. The summed E-state index contributed by atoms with van der Waals surface area (Å²) in [5, 5.41) is 17.7. The molecule has 3 amide bonds. The predicted octanol–water partition coefficient (Wildman–Crippen LogP) is 2.81. The molecule has 2 aromatic carbocycles. The molecule has 7 nitrogen and oxygen atoms in total. The number of hydrogen-bond donors (Lipinski definition) is 4. The van der Waals surface area contributed by atoms with Gasteiger partial charge in [-0.25, -0.2) is 9.18 Å². The summed E-state index contributed by atoms with van der Waals surface area (Å²) in [5.41, 5.74) is 1.64. The van der Waals surface area contributed by atoms with Gasteiger partial charge in [-0.2, -0.15) is 0 Å². The van der Waals surface area contributed by atoms with Crippen molar-refractivity contribution < 1.29 is 23.8 Å². The Kier molecular flexibility index (Phi) is 4.98. The number of phenolic OH excluding ortho intramolecular Hbond substituents is 1. The number of ether oxygens (including phenoxy) is 1. The van der Waals surface area contributed by atoms with Crippen LogP contribution in [0.3, 0.4) is 0 Å². The first-order valence-electron chi connectivity index (χ1n) is 8.11. The first-order chi connectivity index (χ1) is 12.9. The second-order valence-corrected chi connectivity index (χ2v) is 5.96. The quantitative estimate of drug-likeness (QED) is 0.664. The van der Waals surface area contributed by atoms with Crippen molar-refractivity contribution in [3.05, 3.63) is 65.1 Å². The number of amides is 3. The molecule has 0 radical (unpaired) electrons. The van der Waals surface area contributed by atoms with Gasteiger partial charge in [-0.15, -0.1) is 0 Å². The van der Waals surface area contributed by atoms with Crippen LogP contribution in [0.4, 0.5) is 14.9 Å². The van der Waals surface area contributed by atoms with Gasteiger partial charge in [0, 0.05) is 11.4 Å². The molecule has 2 aromatic rings. The van der Waals surface area contributed by atoms with Crippen molar-refractivity contribution >= 4 is 17.6 Å². The highest BCUT2D eigenvalue weighted by atomic mass is 19.1. The molecule has 3 rings (SSSR count). The number of allylic oxidation sites excluding steroid dienone is 1. The summed E-state index contributed by atoms with van der Waals surface area (Å²) in [6.45, 7) is 1.61. The summed E-state index contributed by atoms with van der Waals surface area (Å²) in [6, 6.07) is 8.70. The third-order valence-electron chi connectivity index (χ3n) is 4.15. The van der Waals surface area contributed by atoms with Gasteiger partial charge in [0.15, 0.2) is 11.5 Å². The SMILES string of the molecule is COc1cc([C@@H]2NC(=O)NC(C)=C2C(=O)Nc2ccc(F)cc2)ccc1O. The second-order valence-electron chi connectivity index (χ2n) is 5.96. The molecule has 4 N–H and O–H groups in total. The number of halogens is 1. The van der Waals surface area contributed by atoms with Crippen molar-refractivity contribution in [1.82, 2.24) is 10.6 Å². The number of aromatic hydroxyl groups is 1. The molecule has 0 saturated carbocycles. The lowest BCUT2D eigenvalue weighted by molar-refractivity contribution is -0.113. The van der Waals surface area contributed by atoms with Crippen molar-refractivity contribution in [3.8, 4) is 11.5 Å². The number of rotatable bonds is 4. The lowest BCUT2D eigenvalue weighted by Gasteiger charge is -2.29. The topological polar surface area (TPSA) is 99.7 Å². The minimum atomic E-state index is -0.756. The summed E-state index contributed by atoms with van der Waals surface area (Å²) >= 11 is 0. The fourth-order valence-electron chi connectivity index (χ4n) is 2.85. The fraction of sp³-hybridized carbons (Fsp3) is 0.158. The summed E-state index contributed by atoms with van der Waals surface area (Å²) in [4.78, 5) is 24.8. The van der Waals surface area contributed by atoms with Crippen LogP contribution in [0.2, 0.25) is 0 Å². The molecular weight excluding hydrogens is 353 g/mol. The summed E-state index contributed by atoms with van der Waals surface area (Å²) in [6.07, 6.45) is 0. The number of urea groups is 1. The Hall–Kier alpha value is -3.55. The highest BCUT2D eigenvalue weighted by Crippen LogP contribution is 2.33. The molecule has 0 bridgehead atoms.